The fraction of sp³-hybridized carbons (Fsp3) is 0.200. The van der Waals surface area contributed by atoms with Gasteiger partial charge in [-0.05, 0) is 12.1 Å². The monoisotopic (exact) mass is 206 g/mol. The molecule has 5 nitrogen and oxygen atoms in total. The van der Waals surface area contributed by atoms with Crippen molar-refractivity contribution in [2.75, 3.05) is 7.11 Å². The van der Waals surface area contributed by atoms with Gasteiger partial charge in [0.05, 0.1) is 12.6 Å². The summed E-state index contributed by atoms with van der Waals surface area (Å²) in [5, 5.41) is 13.7. The quantitative estimate of drug-likeness (QED) is 0.803. The van der Waals surface area contributed by atoms with Gasteiger partial charge in [0.2, 0.25) is 0 Å². The smallest absolute Gasteiger partial charge is 0.354 e. The first kappa shape index (κ1) is 9.51. The third-order valence-corrected chi connectivity index (χ3v) is 2.24. The molecule has 0 aliphatic carbocycles. The van der Waals surface area contributed by atoms with Gasteiger partial charge in [-0.2, -0.15) is 5.10 Å². The first-order valence-corrected chi connectivity index (χ1v) is 4.37. The van der Waals surface area contributed by atoms with Gasteiger partial charge in [0.15, 0.2) is 5.69 Å². The number of carboxylic acid groups (broad SMARTS) is 1. The number of rotatable bonds is 2. The average molecular weight is 206 g/mol. The summed E-state index contributed by atoms with van der Waals surface area (Å²) in [5.74, 6) is -0.317. The van der Waals surface area contributed by atoms with Crippen LogP contribution >= 0.6 is 0 Å². The predicted octanol–water partition coefficient (Wildman–Crippen LogP) is 1.28. The number of aryl methyl sites for hydroxylation is 1. The van der Waals surface area contributed by atoms with Crippen LogP contribution in [0.4, 0.5) is 0 Å². The van der Waals surface area contributed by atoms with Gasteiger partial charge in [-0.1, -0.05) is 0 Å². The van der Waals surface area contributed by atoms with E-state index < -0.39 is 5.97 Å². The fourth-order valence-electron chi connectivity index (χ4n) is 1.56. The lowest BCUT2D eigenvalue weighted by atomic mass is 10.2. The fourth-order valence-corrected chi connectivity index (χ4v) is 1.56. The highest BCUT2D eigenvalue weighted by Gasteiger charge is 2.15. The van der Waals surface area contributed by atoms with Crippen molar-refractivity contribution in [1.82, 2.24) is 9.78 Å². The van der Waals surface area contributed by atoms with E-state index in [1.54, 1.807) is 32.4 Å². The van der Waals surface area contributed by atoms with Crippen LogP contribution in [0.3, 0.4) is 0 Å². The second kappa shape index (κ2) is 3.27. The summed E-state index contributed by atoms with van der Waals surface area (Å²) in [6, 6.07) is 5.13. The van der Waals surface area contributed by atoms with Crippen LogP contribution in [0.1, 0.15) is 10.5 Å². The van der Waals surface area contributed by atoms with E-state index in [-0.39, 0.29) is 5.69 Å². The number of aromatic nitrogens is 2. The van der Waals surface area contributed by atoms with Crippen LogP contribution in [0.15, 0.2) is 18.2 Å². The van der Waals surface area contributed by atoms with Gasteiger partial charge in [-0.15, -0.1) is 0 Å². The highest BCUT2D eigenvalue weighted by molar-refractivity contribution is 6.01. The van der Waals surface area contributed by atoms with Gasteiger partial charge in [-0.3, -0.25) is 4.68 Å². The van der Waals surface area contributed by atoms with Gasteiger partial charge < -0.3 is 9.84 Å². The van der Waals surface area contributed by atoms with Crippen LogP contribution in [0.25, 0.3) is 10.9 Å². The molecule has 1 aromatic carbocycles. The molecular formula is C10H10N2O3. The van der Waals surface area contributed by atoms with Crippen LogP contribution in [0.5, 0.6) is 5.75 Å². The molecule has 0 spiro atoms. The third kappa shape index (κ3) is 1.41. The molecule has 1 heterocycles. The molecular weight excluding hydrogens is 196 g/mol. The Bertz CT molecular complexity index is 531. The molecule has 0 atom stereocenters. The summed E-state index contributed by atoms with van der Waals surface area (Å²) in [4.78, 5) is 11.0. The Labute approximate surface area is 85.9 Å². The standard InChI is InChI=1S/C10H10N2O3/c1-12-9(10(13)14)7-4-3-6(15-2)5-8(7)11-12/h3-5H,1-2H3,(H,13,14). The molecule has 0 bridgehead atoms. The zero-order valence-corrected chi connectivity index (χ0v) is 8.39. The van der Waals surface area contributed by atoms with Crippen LogP contribution in [-0.4, -0.2) is 28.0 Å². The molecule has 1 N–H and O–H groups in total. The third-order valence-electron chi connectivity index (χ3n) is 2.24. The lowest BCUT2D eigenvalue weighted by molar-refractivity contribution is 0.0687. The summed E-state index contributed by atoms with van der Waals surface area (Å²) in [5.41, 5.74) is 0.807. The summed E-state index contributed by atoms with van der Waals surface area (Å²) >= 11 is 0. The van der Waals surface area contributed by atoms with Crippen molar-refractivity contribution in [3.63, 3.8) is 0 Å². The van der Waals surface area contributed by atoms with Gasteiger partial charge in [0, 0.05) is 18.5 Å². The maximum absolute atomic E-state index is 11.0. The Morgan fingerprint density at radius 2 is 2.27 bits per heavy atom. The van der Waals surface area contributed by atoms with Crippen molar-refractivity contribution < 1.29 is 14.6 Å². The van der Waals surface area contributed by atoms with E-state index in [2.05, 4.69) is 5.10 Å². The molecule has 15 heavy (non-hydrogen) atoms. The van der Waals surface area contributed by atoms with Crippen LogP contribution in [0, 0.1) is 0 Å². The second-order valence-electron chi connectivity index (χ2n) is 3.16. The number of carboxylic acids is 1. The van der Waals surface area contributed by atoms with Crippen molar-refractivity contribution in [2.45, 2.75) is 0 Å². The van der Waals surface area contributed by atoms with E-state index in [4.69, 9.17) is 9.84 Å². The molecule has 0 saturated carbocycles. The predicted molar refractivity (Wildman–Crippen MR) is 54.2 cm³/mol. The number of methoxy groups -OCH3 is 1. The van der Waals surface area contributed by atoms with Gasteiger partial charge in [0.1, 0.15) is 5.75 Å². The van der Waals surface area contributed by atoms with Crippen molar-refractivity contribution in [3.05, 3.63) is 23.9 Å². The Kier molecular flexibility index (Phi) is 2.07. The topological polar surface area (TPSA) is 64.3 Å². The largest absolute Gasteiger partial charge is 0.497 e. The number of hydrogen-bond acceptors (Lipinski definition) is 3. The molecule has 0 fully saturated rings. The van der Waals surface area contributed by atoms with Gasteiger partial charge >= 0.3 is 5.97 Å². The molecule has 1 aromatic heterocycles. The lowest BCUT2D eigenvalue weighted by Gasteiger charge is -1.97. The molecule has 0 aliphatic heterocycles. The zero-order chi connectivity index (χ0) is 11.0. The van der Waals surface area contributed by atoms with E-state index in [1.165, 1.54) is 4.68 Å². The lowest BCUT2D eigenvalue weighted by Crippen LogP contribution is -2.05. The highest BCUT2D eigenvalue weighted by Crippen LogP contribution is 2.22. The van der Waals surface area contributed by atoms with Crippen molar-refractivity contribution in [3.8, 4) is 5.75 Å². The number of hydrogen-bond donors (Lipinski definition) is 1. The molecule has 2 aromatic rings. The molecule has 0 unspecified atom stereocenters. The van der Waals surface area contributed by atoms with Crippen LogP contribution < -0.4 is 4.74 Å². The van der Waals surface area contributed by atoms with Crippen molar-refractivity contribution >= 4 is 16.9 Å². The van der Waals surface area contributed by atoms with E-state index in [0.29, 0.717) is 16.7 Å². The average Bonchev–Trinajstić information content (AvgIpc) is 2.52. The highest BCUT2D eigenvalue weighted by atomic mass is 16.5. The number of benzene rings is 1. The first-order valence-electron chi connectivity index (χ1n) is 4.37. The molecule has 0 amide bonds. The van der Waals surface area contributed by atoms with Crippen molar-refractivity contribution in [1.29, 1.82) is 0 Å². The van der Waals surface area contributed by atoms with Gasteiger partial charge in [-0.25, -0.2) is 4.79 Å². The summed E-state index contributed by atoms with van der Waals surface area (Å²) in [6.07, 6.45) is 0. The Hall–Kier alpha value is -2.04. The summed E-state index contributed by atoms with van der Waals surface area (Å²) in [6.45, 7) is 0. The molecule has 5 heteroatoms. The number of carbonyl (C=O) groups is 1. The van der Waals surface area contributed by atoms with Crippen LogP contribution in [0.2, 0.25) is 0 Å². The van der Waals surface area contributed by atoms with Gasteiger partial charge in [0.25, 0.3) is 0 Å². The summed E-state index contributed by atoms with van der Waals surface area (Å²) < 4.78 is 6.39. The summed E-state index contributed by atoms with van der Waals surface area (Å²) in [7, 11) is 3.16. The van der Waals surface area contributed by atoms with E-state index in [9.17, 15) is 4.79 Å². The van der Waals surface area contributed by atoms with E-state index in [1.807, 2.05) is 0 Å². The minimum Gasteiger partial charge on any atom is -0.497 e. The maximum atomic E-state index is 11.0. The van der Waals surface area contributed by atoms with Crippen molar-refractivity contribution in [2.24, 2.45) is 7.05 Å². The normalized spacial score (nSPS) is 10.5. The Morgan fingerprint density at radius 3 is 2.87 bits per heavy atom. The molecule has 0 saturated heterocycles. The molecule has 78 valence electrons. The zero-order valence-electron chi connectivity index (χ0n) is 8.39. The second-order valence-corrected chi connectivity index (χ2v) is 3.16. The number of ether oxygens (including phenoxy) is 1. The molecule has 0 radical (unpaired) electrons. The van der Waals surface area contributed by atoms with E-state index in [0.717, 1.165) is 0 Å². The number of aromatic carboxylic acids is 1. The Morgan fingerprint density at radius 1 is 1.53 bits per heavy atom. The number of nitrogens with zero attached hydrogens (tertiary/aromatic N) is 2. The minimum atomic E-state index is -0.981. The molecule has 0 aliphatic rings. The Balaban J connectivity index is 2.74. The molecule has 2 rings (SSSR count). The maximum Gasteiger partial charge on any atom is 0.354 e. The number of fused-ring (bicyclic) bond motifs is 1. The van der Waals surface area contributed by atoms with Crippen LogP contribution in [-0.2, 0) is 7.05 Å². The van der Waals surface area contributed by atoms with E-state index >= 15 is 0 Å². The minimum absolute atomic E-state index is 0.188. The first-order chi connectivity index (χ1) is 7.13. The SMILES string of the molecule is COc1ccc2c(C(=O)O)n(C)nc2c1.